The highest BCUT2D eigenvalue weighted by Crippen LogP contribution is 2.20. The van der Waals surface area contributed by atoms with E-state index < -0.39 is 0 Å². The van der Waals surface area contributed by atoms with Crippen molar-refractivity contribution in [3.05, 3.63) is 41.6 Å². The van der Waals surface area contributed by atoms with Gasteiger partial charge in [0.25, 0.3) is 0 Å². The van der Waals surface area contributed by atoms with Gasteiger partial charge in [-0.1, -0.05) is 25.1 Å². The molecule has 0 fully saturated rings. The van der Waals surface area contributed by atoms with Crippen LogP contribution in [0.3, 0.4) is 0 Å². The Hall–Kier alpha value is -2.14. The van der Waals surface area contributed by atoms with Crippen LogP contribution in [0.15, 0.2) is 30.3 Å². The lowest BCUT2D eigenvalue weighted by atomic mass is 10.1. The zero-order valence-electron chi connectivity index (χ0n) is 14.6. The molecule has 1 aromatic heterocycles. The fourth-order valence-corrected chi connectivity index (χ4v) is 2.40. The van der Waals surface area contributed by atoms with Crippen LogP contribution in [0.4, 0.5) is 17.5 Å². The zero-order chi connectivity index (χ0) is 16.7. The minimum absolute atomic E-state index is 0.640. The Balaban J connectivity index is 2.05. The summed E-state index contributed by atoms with van der Waals surface area (Å²) in [6.07, 6.45) is 2.06. The van der Waals surface area contributed by atoms with Gasteiger partial charge >= 0.3 is 0 Å². The van der Waals surface area contributed by atoms with Crippen LogP contribution < -0.4 is 10.6 Å². The van der Waals surface area contributed by atoms with Crippen LogP contribution in [0, 0.1) is 6.92 Å². The molecule has 124 valence electrons. The van der Waals surface area contributed by atoms with Crippen LogP contribution in [0.1, 0.15) is 24.6 Å². The SMILES string of the molecule is CCc1ccccc1Nc1nc(C)cc(NCCCN(C)C)n1. The molecule has 0 aliphatic rings. The lowest BCUT2D eigenvalue weighted by molar-refractivity contribution is 0.405. The Morgan fingerprint density at radius 1 is 1.13 bits per heavy atom. The normalized spacial score (nSPS) is 10.8. The highest BCUT2D eigenvalue weighted by Gasteiger charge is 2.05. The van der Waals surface area contributed by atoms with E-state index in [0.29, 0.717) is 5.95 Å². The number of nitrogens with one attached hydrogen (secondary N) is 2. The van der Waals surface area contributed by atoms with Crippen LogP contribution in [-0.4, -0.2) is 42.1 Å². The van der Waals surface area contributed by atoms with E-state index in [9.17, 15) is 0 Å². The highest BCUT2D eigenvalue weighted by molar-refractivity contribution is 5.59. The van der Waals surface area contributed by atoms with E-state index in [-0.39, 0.29) is 0 Å². The van der Waals surface area contributed by atoms with Crippen LogP contribution in [0.5, 0.6) is 0 Å². The summed E-state index contributed by atoms with van der Waals surface area (Å²) in [6.45, 7) is 6.10. The molecule has 2 N–H and O–H groups in total. The molecule has 5 heteroatoms. The van der Waals surface area contributed by atoms with Crippen molar-refractivity contribution in [2.75, 3.05) is 37.8 Å². The van der Waals surface area contributed by atoms with Crippen molar-refractivity contribution >= 4 is 17.5 Å². The van der Waals surface area contributed by atoms with Crippen molar-refractivity contribution in [2.45, 2.75) is 26.7 Å². The third-order valence-corrected chi connectivity index (χ3v) is 3.59. The lowest BCUT2D eigenvalue weighted by Gasteiger charge is -2.13. The number of anilines is 3. The Bertz CT molecular complexity index is 625. The van der Waals surface area contributed by atoms with Crippen LogP contribution in [0.2, 0.25) is 0 Å². The molecular weight excluding hydrogens is 286 g/mol. The van der Waals surface area contributed by atoms with Gasteiger partial charge in [-0.25, -0.2) is 4.98 Å². The third kappa shape index (κ3) is 5.53. The predicted octanol–water partition coefficient (Wildman–Crippen LogP) is 3.45. The fraction of sp³-hybridized carbons (Fsp3) is 0.444. The molecule has 0 saturated carbocycles. The van der Waals surface area contributed by atoms with Crippen molar-refractivity contribution in [1.29, 1.82) is 0 Å². The molecule has 23 heavy (non-hydrogen) atoms. The van der Waals surface area contributed by atoms with E-state index in [1.807, 2.05) is 19.1 Å². The number of nitrogens with zero attached hydrogens (tertiary/aromatic N) is 3. The molecule has 0 radical (unpaired) electrons. The summed E-state index contributed by atoms with van der Waals surface area (Å²) in [6, 6.07) is 10.2. The molecule has 0 aliphatic carbocycles. The number of para-hydroxylation sites is 1. The Labute approximate surface area is 139 Å². The molecule has 2 rings (SSSR count). The minimum atomic E-state index is 0.640. The molecule has 0 spiro atoms. The fourth-order valence-electron chi connectivity index (χ4n) is 2.40. The second-order valence-corrected chi connectivity index (χ2v) is 5.94. The minimum Gasteiger partial charge on any atom is -0.370 e. The number of aromatic nitrogens is 2. The molecule has 5 nitrogen and oxygen atoms in total. The Morgan fingerprint density at radius 3 is 2.65 bits per heavy atom. The highest BCUT2D eigenvalue weighted by atomic mass is 15.1. The molecular formula is C18H27N5. The topological polar surface area (TPSA) is 53.1 Å². The van der Waals surface area contributed by atoms with Crippen molar-refractivity contribution in [3.63, 3.8) is 0 Å². The molecule has 0 amide bonds. The summed E-state index contributed by atoms with van der Waals surface area (Å²) < 4.78 is 0. The first-order valence-corrected chi connectivity index (χ1v) is 8.17. The number of aryl methyl sites for hydroxylation is 2. The first-order chi connectivity index (χ1) is 11.1. The Kier molecular flexibility index (Phi) is 6.35. The monoisotopic (exact) mass is 313 g/mol. The predicted molar refractivity (Wildman–Crippen MR) is 97.5 cm³/mol. The van der Waals surface area contributed by atoms with E-state index in [1.54, 1.807) is 0 Å². The first kappa shape index (κ1) is 17.2. The van der Waals surface area contributed by atoms with Crippen molar-refractivity contribution < 1.29 is 0 Å². The second kappa shape index (κ2) is 8.48. The lowest BCUT2D eigenvalue weighted by Crippen LogP contribution is -2.17. The van der Waals surface area contributed by atoms with E-state index >= 15 is 0 Å². The molecule has 0 saturated heterocycles. The average molecular weight is 313 g/mol. The summed E-state index contributed by atoms with van der Waals surface area (Å²) in [5.41, 5.74) is 3.28. The maximum atomic E-state index is 4.57. The van der Waals surface area contributed by atoms with E-state index in [2.05, 4.69) is 64.7 Å². The van der Waals surface area contributed by atoms with Gasteiger partial charge < -0.3 is 15.5 Å². The van der Waals surface area contributed by atoms with Gasteiger partial charge in [0.1, 0.15) is 5.82 Å². The Morgan fingerprint density at radius 2 is 1.91 bits per heavy atom. The standard InChI is InChI=1S/C18H27N5/c1-5-15-9-6-7-10-16(15)21-18-20-14(2)13-17(22-18)19-11-8-12-23(3)4/h6-7,9-10,13H,5,8,11-12H2,1-4H3,(H2,19,20,21,22). The van der Waals surface area contributed by atoms with E-state index in [4.69, 9.17) is 0 Å². The summed E-state index contributed by atoms with van der Waals surface area (Å²) in [5.74, 6) is 1.51. The zero-order valence-corrected chi connectivity index (χ0v) is 14.6. The number of hydrogen-bond acceptors (Lipinski definition) is 5. The van der Waals surface area contributed by atoms with Gasteiger partial charge in [0.2, 0.25) is 5.95 Å². The van der Waals surface area contributed by atoms with Gasteiger partial charge in [0.15, 0.2) is 0 Å². The van der Waals surface area contributed by atoms with E-state index in [1.165, 1.54) is 5.56 Å². The van der Waals surface area contributed by atoms with Gasteiger partial charge in [-0.05, 0) is 52.0 Å². The quantitative estimate of drug-likeness (QED) is 0.731. The smallest absolute Gasteiger partial charge is 0.229 e. The van der Waals surface area contributed by atoms with Gasteiger partial charge in [-0.2, -0.15) is 4.98 Å². The average Bonchev–Trinajstić information content (AvgIpc) is 2.51. The van der Waals surface area contributed by atoms with Gasteiger partial charge in [0.05, 0.1) is 0 Å². The first-order valence-electron chi connectivity index (χ1n) is 8.17. The molecule has 0 unspecified atom stereocenters. The summed E-state index contributed by atoms with van der Waals surface area (Å²) in [7, 11) is 4.17. The molecule has 1 heterocycles. The number of benzene rings is 1. The van der Waals surface area contributed by atoms with Gasteiger partial charge in [0, 0.05) is 24.0 Å². The summed E-state index contributed by atoms with van der Waals surface area (Å²) >= 11 is 0. The molecule has 0 aliphatic heterocycles. The summed E-state index contributed by atoms with van der Waals surface area (Å²) in [4.78, 5) is 11.2. The van der Waals surface area contributed by atoms with Crippen molar-refractivity contribution in [3.8, 4) is 0 Å². The van der Waals surface area contributed by atoms with Crippen molar-refractivity contribution in [1.82, 2.24) is 14.9 Å². The maximum Gasteiger partial charge on any atom is 0.229 e. The van der Waals surface area contributed by atoms with Crippen LogP contribution >= 0.6 is 0 Å². The molecule has 2 aromatic rings. The largest absolute Gasteiger partial charge is 0.370 e. The number of hydrogen-bond donors (Lipinski definition) is 2. The second-order valence-electron chi connectivity index (χ2n) is 5.94. The molecule has 1 aromatic carbocycles. The third-order valence-electron chi connectivity index (χ3n) is 3.59. The van der Waals surface area contributed by atoms with Gasteiger partial charge in [-0.15, -0.1) is 0 Å². The van der Waals surface area contributed by atoms with Gasteiger partial charge in [-0.3, -0.25) is 0 Å². The van der Waals surface area contributed by atoms with Crippen LogP contribution in [-0.2, 0) is 6.42 Å². The van der Waals surface area contributed by atoms with Crippen molar-refractivity contribution in [2.24, 2.45) is 0 Å². The maximum absolute atomic E-state index is 4.57. The van der Waals surface area contributed by atoms with Crippen LogP contribution in [0.25, 0.3) is 0 Å². The summed E-state index contributed by atoms with van der Waals surface area (Å²) in [5, 5.41) is 6.72. The van der Waals surface area contributed by atoms with E-state index in [0.717, 1.165) is 43.1 Å². The number of rotatable bonds is 8. The molecule has 0 atom stereocenters. The molecule has 0 bridgehead atoms.